The van der Waals surface area contributed by atoms with E-state index in [0.29, 0.717) is 43.2 Å². The van der Waals surface area contributed by atoms with Crippen LogP contribution in [0.1, 0.15) is 11.8 Å². The zero-order valence-corrected chi connectivity index (χ0v) is 16.3. The van der Waals surface area contributed by atoms with Gasteiger partial charge in [0.1, 0.15) is 12.6 Å². The van der Waals surface area contributed by atoms with Crippen molar-refractivity contribution in [2.45, 2.75) is 18.9 Å². The molecule has 1 saturated heterocycles. The van der Waals surface area contributed by atoms with Crippen LogP contribution in [0.2, 0.25) is 0 Å². The minimum absolute atomic E-state index is 0.0468. The van der Waals surface area contributed by atoms with E-state index in [0.717, 1.165) is 6.54 Å². The van der Waals surface area contributed by atoms with Gasteiger partial charge >= 0.3 is 0 Å². The first-order chi connectivity index (χ1) is 14.3. The number of aliphatic hydroxyl groups excluding tert-OH is 1. The average molecular weight is 399 g/mol. The molecule has 3 aromatic rings. The normalized spacial score (nSPS) is 20.2. The molecule has 0 bridgehead atoms. The highest BCUT2D eigenvalue weighted by Gasteiger charge is 2.30. The van der Waals surface area contributed by atoms with Crippen LogP contribution in [0.3, 0.4) is 0 Å². The molecule has 1 fully saturated rings. The first-order valence-corrected chi connectivity index (χ1v) is 9.56. The summed E-state index contributed by atoms with van der Waals surface area (Å²) in [5, 5.41) is 13.0. The zero-order valence-electron chi connectivity index (χ0n) is 16.3. The van der Waals surface area contributed by atoms with Crippen LogP contribution in [0, 0.1) is 0 Å². The lowest BCUT2D eigenvalue weighted by atomic mass is 10.2. The predicted molar refractivity (Wildman–Crippen MR) is 106 cm³/mol. The maximum Gasteiger partial charge on any atom is 0.167 e. The lowest BCUT2D eigenvalue weighted by Gasteiger charge is -2.37. The third-order valence-electron chi connectivity index (χ3n) is 4.85. The number of ether oxygens (including phenoxy) is 2. The summed E-state index contributed by atoms with van der Waals surface area (Å²) in [7, 11) is 1.65. The number of aliphatic hydroxyl groups is 1. The van der Waals surface area contributed by atoms with Crippen molar-refractivity contribution in [3.8, 4) is 0 Å². The molecule has 154 valence electrons. The van der Waals surface area contributed by atoms with Crippen molar-refractivity contribution in [3.63, 3.8) is 0 Å². The Balaban J connectivity index is 1.56. The van der Waals surface area contributed by atoms with Crippen LogP contribution in [0.25, 0.3) is 11.2 Å². The molecule has 0 radical (unpaired) electrons. The Hall–Kier alpha value is -2.66. The van der Waals surface area contributed by atoms with E-state index in [1.165, 1.54) is 11.9 Å². The molecule has 0 amide bonds. The molecule has 0 saturated carbocycles. The molecule has 3 aromatic heterocycles. The van der Waals surface area contributed by atoms with Crippen molar-refractivity contribution in [2.24, 2.45) is 0 Å². The van der Waals surface area contributed by atoms with Gasteiger partial charge < -0.3 is 19.9 Å². The highest BCUT2D eigenvalue weighted by Crippen LogP contribution is 2.26. The Labute approximate surface area is 168 Å². The molecule has 0 unspecified atom stereocenters. The molecule has 10 nitrogen and oxygen atoms in total. The van der Waals surface area contributed by atoms with Gasteiger partial charge in [0.05, 0.1) is 25.6 Å². The Morgan fingerprint density at radius 1 is 1.24 bits per heavy atom. The summed E-state index contributed by atoms with van der Waals surface area (Å²) >= 11 is 0. The van der Waals surface area contributed by atoms with Crippen molar-refractivity contribution in [1.82, 2.24) is 29.4 Å². The molecule has 2 atom stereocenters. The highest BCUT2D eigenvalue weighted by atomic mass is 16.5. The van der Waals surface area contributed by atoms with E-state index in [4.69, 9.17) is 9.47 Å². The summed E-state index contributed by atoms with van der Waals surface area (Å²) in [5.74, 6) is 0.661. The summed E-state index contributed by atoms with van der Waals surface area (Å²) in [6.45, 7) is 3.21. The van der Waals surface area contributed by atoms with E-state index in [2.05, 4.69) is 30.2 Å². The summed E-state index contributed by atoms with van der Waals surface area (Å²) < 4.78 is 13.1. The van der Waals surface area contributed by atoms with Gasteiger partial charge in [0.2, 0.25) is 0 Å². The van der Waals surface area contributed by atoms with Crippen molar-refractivity contribution in [1.29, 1.82) is 0 Å². The smallest absolute Gasteiger partial charge is 0.167 e. The second-order valence-electron chi connectivity index (χ2n) is 6.91. The summed E-state index contributed by atoms with van der Waals surface area (Å²) in [5.41, 5.74) is 2.53. The molecule has 29 heavy (non-hydrogen) atoms. The van der Waals surface area contributed by atoms with Gasteiger partial charge in [-0.3, -0.25) is 14.5 Å². The van der Waals surface area contributed by atoms with Gasteiger partial charge in [-0.15, -0.1) is 0 Å². The fourth-order valence-electron chi connectivity index (χ4n) is 3.48. The van der Waals surface area contributed by atoms with E-state index in [1.54, 1.807) is 25.8 Å². The largest absolute Gasteiger partial charge is 0.394 e. The molecule has 4 heterocycles. The monoisotopic (exact) mass is 399 g/mol. The summed E-state index contributed by atoms with van der Waals surface area (Å²) in [6, 6.07) is 3.99. The van der Waals surface area contributed by atoms with E-state index in [-0.39, 0.29) is 18.9 Å². The van der Waals surface area contributed by atoms with Crippen LogP contribution in [0.5, 0.6) is 0 Å². The van der Waals surface area contributed by atoms with E-state index < -0.39 is 0 Å². The standard InChI is InChI=1S/C19H25N7O3/c1-28-7-6-21-18-17-19(23-12-22-18)26(13-24-17)16-10-25(9-15(11-27)29-16)8-14-2-4-20-5-3-14/h2-5,12-13,15-16,27H,6-11H2,1H3,(H,21,22,23)/t15-,16+/m0/s1. The lowest BCUT2D eigenvalue weighted by Crippen LogP contribution is -2.46. The number of imidazole rings is 1. The minimum Gasteiger partial charge on any atom is -0.394 e. The Bertz CT molecular complexity index is 921. The van der Waals surface area contributed by atoms with Crippen LogP contribution in [0.4, 0.5) is 5.82 Å². The number of aromatic nitrogens is 5. The van der Waals surface area contributed by atoms with Gasteiger partial charge in [-0.2, -0.15) is 0 Å². The number of fused-ring (bicyclic) bond motifs is 1. The van der Waals surface area contributed by atoms with Gasteiger partial charge in [-0.25, -0.2) is 15.0 Å². The maximum absolute atomic E-state index is 9.73. The van der Waals surface area contributed by atoms with Gasteiger partial charge in [-0.05, 0) is 17.7 Å². The van der Waals surface area contributed by atoms with Gasteiger partial charge in [0.15, 0.2) is 17.0 Å². The van der Waals surface area contributed by atoms with Crippen LogP contribution in [-0.4, -0.2) is 80.6 Å². The summed E-state index contributed by atoms with van der Waals surface area (Å²) in [6.07, 6.45) is 6.21. The Kier molecular flexibility index (Phi) is 6.25. The molecule has 0 aliphatic carbocycles. The third-order valence-corrected chi connectivity index (χ3v) is 4.85. The number of anilines is 1. The second kappa shape index (κ2) is 9.23. The fraction of sp³-hybridized carbons (Fsp3) is 0.474. The molecular weight excluding hydrogens is 374 g/mol. The molecule has 10 heteroatoms. The molecule has 0 spiro atoms. The minimum atomic E-state index is -0.311. The second-order valence-corrected chi connectivity index (χ2v) is 6.91. The van der Waals surface area contributed by atoms with Crippen molar-refractivity contribution >= 4 is 17.0 Å². The SMILES string of the molecule is COCCNc1ncnc2c1ncn2[C@H]1CN(Cc2ccncc2)C[C@@H](CO)O1. The van der Waals surface area contributed by atoms with Gasteiger partial charge in [0, 0.05) is 45.7 Å². The zero-order chi connectivity index (χ0) is 20.1. The first-order valence-electron chi connectivity index (χ1n) is 9.56. The summed E-state index contributed by atoms with van der Waals surface area (Å²) in [4.78, 5) is 19.5. The lowest BCUT2D eigenvalue weighted by molar-refractivity contribution is -0.135. The van der Waals surface area contributed by atoms with Crippen molar-refractivity contribution in [3.05, 3.63) is 42.7 Å². The third kappa shape index (κ3) is 4.51. The molecular formula is C19H25N7O3. The Morgan fingerprint density at radius 3 is 2.90 bits per heavy atom. The number of hydrogen-bond acceptors (Lipinski definition) is 9. The number of rotatable bonds is 8. The molecule has 1 aliphatic rings. The maximum atomic E-state index is 9.73. The molecule has 1 aliphatic heterocycles. The molecule has 4 rings (SSSR count). The number of hydrogen-bond donors (Lipinski definition) is 2. The van der Waals surface area contributed by atoms with Crippen molar-refractivity contribution in [2.75, 3.05) is 45.3 Å². The van der Waals surface area contributed by atoms with Gasteiger partial charge in [-0.1, -0.05) is 0 Å². The average Bonchev–Trinajstić information content (AvgIpc) is 3.19. The number of pyridine rings is 1. The van der Waals surface area contributed by atoms with Crippen LogP contribution >= 0.6 is 0 Å². The van der Waals surface area contributed by atoms with Crippen LogP contribution in [-0.2, 0) is 16.0 Å². The molecule has 0 aromatic carbocycles. The number of methoxy groups -OCH3 is 1. The highest BCUT2D eigenvalue weighted by molar-refractivity contribution is 5.82. The number of morpholine rings is 1. The van der Waals surface area contributed by atoms with Crippen LogP contribution in [0.15, 0.2) is 37.2 Å². The Morgan fingerprint density at radius 2 is 2.10 bits per heavy atom. The van der Waals surface area contributed by atoms with E-state index in [9.17, 15) is 5.11 Å². The predicted octanol–water partition coefficient (Wildman–Crippen LogP) is 0.671. The van der Waals surface area contributed by atoms with Crippen LogP contribution < -0.4 is 5.32 Å². The number of nitrogens with one attached hydrogen (secondary N) is 1. The fourth-order valence-corrected chi connectivity index (χ4v) is 3.48. The topological polar surface area (TPSA) is 110 Å². The van der Waals surface area contributed by atoms with E-state index >= 15 is 0 Å². The molecule has 2 N–H and O–H groups in total. The first kappa shape index (κ1) is 19.6. The quantitative estimate of drug-likeness (QED) is 0.528. The van der Waals surface area contributed by atoms with E-state index in [1.807, 2.05) is 16.7 Å². The van der Waals surface area contributed by atoms with Gasteiger partial charge in [0.25, 0.3) is 0 Å². The van der Waals surface area contributed by atoms with Crippen molar-refractivity contribution < 1.29 is 14.6 Å². The number of nitrogens with zero attached hydrogens (tertiary/aromatic N) is 6.